The molecule has 0 aromatic heterocycles. The SMILES string of the molecule is COc1cccc(NC(=O)CSc2cccc(NC(=O)Cc3ccc(Cl)cc3)c2)c1. The number of thioether (sulfide) groups is 1. The van der Waals surface area contributed by atoms with E-state index in [0.717, 1.165) is 10.5 Å². The number of hydrogen-bond acceptors (Lipinski definition) is 4. The summed E-state index contributed by atoms with van der Waals surface area (Å²) in [5, 5.41) is 6.37. The van der Waals surface area contributed by atoms with Crippen molar-refractivity contribution in [2.75, 3.05) is 23.5 Å². The van der Waals surface area contributed by atoms with Gasteiger partial charge >= 0.3 is 0 Å². The number of benzene rings is 3. The van der Waals surface area contributed by atoms with Crippen LogP contribution in [0.5, 0.6) is 5.75 Å². The van der Waals surface area contributed by atoms with Crippen molar-refractivity contribution < 1.29 is 14.3 Å². The molecule has 0 atom stereocenters. The van der Waals surface area contributed by atoms with Crippen LogP contribution in [0.2, 0.25) is 5.02 Å². The topological polar surface area (TPSA) is 67.4 Å². The molecule has 2 amide bonds. The van der Waals surface area contributed by atoms with Gasteiger partial charge in [0.05, 0.1) is 19.3 Å². The highest BCUT2D eigenvalue weighted by atomic mass is 35.5. The van der Waals surface area contributed by atoms with Crippen LogP contribution >= 0.6 is 23.4 Å². The predicted octanol–water partition coefficient (Wildman–Crippen LogP) is 5.26. The maximum atomic E-state index is 12.3. The summed E-state index contributed by atoms with van der Waals surface area (Å²) in [6.45, 7) is 0. The van der Waals surface area contributed by atoms with Crippen molar-refractivity contribution in [3.8, 4) is 5.75 Å². The zero-order valence-electron chi connectivity index (χ0n) is 16.4. The first kappa shape index (κ1) is 21.7. The molecule has 2 N–H and O–H groups in total. The predicted molar refractivity (Wildman–Crippen MR) is 123 cm³/mol. The van der Waals surface area contributed by atoms with Crippen LogP contribution < -0.4 is 15.4 Å². The molecule has 0 saturated heterocycles. The molecule has 7 heteroatoms. The van der Waals surface area contributed by atoms with Crippen molar-refractivity contribution >= 4 is 46.6 Å². The van der Waals surface area contributed by atoms with Crippen molar-refractivity contribution in [1.29, 1.82) is 0 Å². The van der Waals surface area contributed by atoms with Crippen molar-refractivity contribution in [2.24, 2.45) is 0 Å². The molecule has 3 aromatic carbocycles. The Kier molecular flexibility index (Phi) is 7.76. The molecule has 0 radical (unpaired) electrons. The maximum absolute atomic E-state index is 12.3. The zero-order valence-corrected chi connectivity index (χ0v) is 17.9. The molecular formula is C23H21ClN2O3S. The van der Waals surface area contributed by atoms with E-state index in [9.17, 15) is 9.59 Å². The summed E-state index contributed by atoms with van der Waals surface area (Å²) in [4.78, 5) is 25.4. The number of ether oxygens (including phenoxy) is 1. The van der Waals surface area contributed by atoms with E-state index in [1.54, 1.807) is 25.3 Å². The Bertz CT molecular complexity index is 1020. The van der Waals surface area contributed by atoms with E-state index in [1.165, 1.54) is 11.8 Å². The highest BCUT2D eigenvalue weighted by molar-refractivity contribution is 8.00. The van der Waals surface area contributed by atoms with Gasteiger partial charge in [-0.25, -0.2) is 0 Å². The number of nitrogens with one attached hydrogen (secondary N) is 2. The molecule has 5 nitrogen and oxygen atoms in total. The number of halogens is 1. The fraction of sp³-hybridized carbons (Fsp3) is 0.130. The lowest BCUT2D eigenvalue weighted by Gasteiger charge is -2.09. The third-order valence-corrected chi connectivity index (χ3v) is 5.36. The number of anilines is 2. The number of hydrogen-bond donors (Lipinski definition) is 2. The van der Waals surface area contributed by atoms with Crippen LogP contribution in [0, 0.1) is 0 Å². The highest BCUT2D eigenvalue weighted by Gasteiger charge is 2.07. The Balaban J connectivity index is 1.51. The third-order valence-electron chi connectivity index (χ3n) is 4.12. The molecule has 3 rings (SSSR count). The summed E-state index contributed by atoms with van der Waals surface area (Å²) in [6.07, 6.45) is 0.261. The minimum absolute atomic E-state index is 0.116. The maximum Gasteiger partial charge on any atom is 0.234 e. The van der Waals surface area contributed by atoms with Gasteiger partial charge in [-0.05, 0) is 48.0 Å². The molecule has 0 aliphatic carbocycles. The normalized spacial score (nSPS) is 10.3. The van der Waals surface area contributed by atoms with Gasteiger partial charge in [-0.3, -0.25) is 9.59 Å². The van der Waals surface area contributed by atoms with Gasteiger partial charge in [-0.15, -0.1) is 11.8 Å². The summed E-state index contributed by atoms with van der Waals surface area (Å²) >= 11 is 7.26. The molecule has 154 valence electrons. The molecule has 0 heterocycles. The molecule has 0 aliphatic heterocycles. The first-order valence-corrected chi connectivity index (χ1v) is 10.6. The minimum atomic E-state index is -0.120. The highest BCUT2D eigenvalue weighted by Crippen LogP contribution is 2.23. The van der Waals surface area contributed by atoms with E-state index in [-0.39, 0.29) is 24.0 Å². The van der Waals surface area contributed by atoms with E-state index in [2.05, 4.69) is 10.6 Å². The Morgan fingerprint density at radius 3 is 2.30 bits per heavy atom. The Labute approximate surface area is 184 Å². The molecule has 0 bridgehead atoms. The number of rotatable bonds is 8. The fourth-order valence-electron chi connectivity index (χ4n) is 2.70. The monoisotopic (exact) mass is 440 g/mol. The van der Waals surface area contributed by atoms with Crippen LogP contribution in [0.15, 0.2) is 77.7 Å². The van der Waals surface area contributed by atoms with E-state index in [4.69, 9.17) is 16.3 Å². The van der Waals surface area contributed by atoms with Crippen molar-refractivity contribution in [1.82, 2.24) is 0 Å². The standard InChI is InChI=1S/C23H21ClN2O3S/c1-29-20-6-2-4-18(13-20)26-23(28)15-30-21-7-3-5-19(14-21)25-22(27)12-16-8-10-17(24)11-9-16/h2-11,13-14H,12,15H2,1H3,(H,25,27)(H,26,28). The van der Waals surface area contributed by atoms with Crippen molar-refractivity contribution in [3.63, 3.8) is 0 Å². The van der Waals surface area contributed by atoms with E-state index < -0.39 is 0 Å². The van der Waals surface area contributed by atoms with E-state index in [1.807, 2.05) is 54.6 Å². The molecular weight excluding hydrogens is 420 g/mol. The van der Waals surface area contributed by atoms with Crippen LogP contribution in [-0.2, 0) is 16.0 Å². The largest absolute Gasteiger partial charge is 0.497 e. The number of amides is 2. The molecule has 0 fully saturated rings. The molecule has 0 aliphatic rings. The fourth-order valence-corrected chi connectivity index (χ4v) is 3.58. The number of carbonyl (C=O) groups excluding carboxylic acids is 2. The quantitative estimate of drug-likeness (QED) is 0.469. The zero-order chi connectivity index (χ0) is 21.3. The number of methoxy groups -OCH3 is 1. The molecule has 0 unspecified atom stereocenters. The average molecular weight is 441 g/mol. The van der Waals surface area contributed by atoms with Gasteiger partial charge in [0, 0.05) is 27.4 Å². The first-order valence-electron chi connectivity index (χ1n) is 9.23. The van der Waals surface area contributed by atoms with Crippen LogP contribution in [-0.4, -0.2) is 24.7 Å². The molecule has 0 spiro atoms. The van der Waals surface area contributed by atoms with Gasteiger partial charge in [0.15, 0.2) is 0 Å². The molecule has 30 heavy (non-hydrogen) atoms. The van der Waals surface area contributed by atoms with Gasteiger partial charge in [-0.2, -0.15) is 0 Å². The smallest absolute Gasteiger partial charge is 0.234 e. The van der Waals surface area contributed by atoms with E-state index >= 15 is 0 Å². The van der Waals surface area contributed by atoms with Gasteiger partial charge in [-0.1, -0.05) is 35.9 Å². The van der Waals surface area contributed by atoms with Crippen molar-refractivity contribution in [2.45, 2.75) is 11.3 Å². The minimum Gasteiger partial charge on any atom is -0.497 e. The third kappa shape index (κ3) is 6.83. The van der Waals surface area contributed by atoms with Crippen LogP contribution in [0.25, 0.3) is 0 Å². The Hall–Kier alpha value is -2.96. The summed E-state index contributed by atoms with van der Waals surface area (Å²) in [5.74, 6) is 0.697. The first-order chi connectivity index (χ1) is 14.5. The molecule has 3 aromatic rings. The van der Waals surface area contributed by atoms with Gasteiger partial charge in [0.2, 0.25) is 11.8 Å². The van der Waals surface area contributed by atoms with Gasteiger partial charge in [0.25, 0.3) is 0 Å². The lowest BCUT2D eigenvalue weighted by atomic mass is 10.1. The van der Waals surface area contributed by atoms with Gasteiger partial charge < -0.3 is 15.4 Å². The summed E-state index contributed by atoms with van der Waals surface area (Å²) in [7, 11) is 1.58. The van der Waals surface area contributed by atoms with Crippen LogP contribution in [0.4, 0.5) is 11.4 Å². The lowest BCUT2D eigenvalue weighted by molar-refractivity contribution is -0.115. The van der Waals surface area contributed by atoms with Gasteiger partial charge in [0.1, 0.15) is 5.75 Å². The van der Waals surface area contributed by atoms with E-state index in [0.29, 0.717) is 22.1 Å². The Morgan fingerprint density at radius 2 is 1.57 bits per heavy atom. The summed E-state index contributed by atoms with van der Waals surface area (Å²) in [6, 6.07) is 21.8. The summed E-state index contributed by atoms with van der Waals surface area (Å²) in [5.41, 5.74) is 2.26. The average Bonchev–Trinajstić information content (AvgIpc) is 2.74. The van der Waals surface area contributed by atoms with Crippen LogP contribution in [0.3, 0.4) is 0 Å². The number of carbonyl (C=O) groups is 2. The lowest BCUT2D eigenvalue weighted by Crippen LogP contribution is -2.15. The Morgan fingerprint density at radius 1 is 0.900 bits per heavy atom. The second kappa shape index (κ2) is 10.7. The molecule has 0 saturated carbocycles. The summed E-state index contributed by atoms with van der Waals surface area (Å²) < 4.78 is 5.16. The van der Waals surface area contributed by atoms with Crippen molar-refractivity contribution in [3.05, 3.63) is 83.4 Å². The van der Waals surface area contributed by atoms with Crippen LogP contribution in [0.1, 0.15) is 5.56 Å². The second-order valence-corrected chi connectivity index (χ2v) is 7.93. The second-order valence-electron chi connectivity index (χ2n) is 6.45.